The van der Waals surface area contributed by atoms with Crippen molar-refractivity contribution in [3.05, 3.63) is 30.1 Å². The number of rotatable bonds is 4. The molecule has 0 bridgehead atoms. The molecule has 1 aromatic heterocycles. The average Bonchev–Trinajstić information content (AvgIpc) is 2.90. The summed E-state index contributed by atoms with van der Waals surface area (Å²) in [6.45, 7) is 0.805. The molecule has 0 saturated heterocycles. The third-order valence-electron chi connectivity index (χ3n) is 3.57. The van der Waals surface area contributed by atoms with Crippen LogP contribution < -0.4 is 0 Å². The fourth-order valence-electron chi connectivity index (χ4n) is 2.44. The third-order valence-corrected chi connectivity index (χ3v) is 3.57. The molecule has 1 aromatic rings. The summed E-state index contributed by atoms with van der Waals surface area (Å²) in [5, 5.41) is 0. The first-order chi connectivity index (χ1) is 8.27. The number of hydrogen-bond donors (Lipinski definition) is 0. The van der Waals surface area contributed by atoms with E-state index < -0.39 is 0 Å². The fraction of sp³-hybridized carbons (Fsp3) is 0.571. The summed E-state index contributed by atoms with van der Waals surface area (Å²) >= 11 is 0. The van der Waals surface area contributed by atoms with Crippen LogP contribution >= 0.6 is 0 Å². The van der Waals surface area contributed by atoms with Crippen LogP contribution in [0.3, 0.4) is 0 Å². The first-order valence-corrected chi connectivity index (χ1v) is 6.41. The predicted molar refractivity (Wildman–Crippen MR) is 67.5 cm³/mol. The van der Waals surface area contributed by atoms with Gasteiger partial charge >= 0.3 is 0 Å². The van der Waals surface area contributed by atoms with Gasteiger partial charge in [-0.1, -0.05) is 12.8 Å². The van der Waals surface area contributed by atoms with E-state index in [4.69, 9.17) is 0 Å². The van der Waals surface area contributed by atoms with Crippen LogP contribution in [0.4, 0.5) is 0 Å². The Kier molecular flexibility index (Phi) is 4.13. The standard InChI is InChI=1S/C14H20N2O/c1-16(14(17)13-4-2-3-5-13)11-8-12-6-9-15-10-7-12/h6-7,9-10,13H,2-5,8,11H2,1H3. The van der Waals surface area contributed by atoms with E-state index in [-0.39, 0.29) is 5.92 Å². The van der Waals surface area contributed by atoms with Gasteiger partial charge in [0.05, 0.1) is 0 Å². The summed E-state index contributed by atoms with van der Waals surface area (Å²) in [5.41, 5.74) is 1.24. The van der Waals surface area contributed by atoms with Gasteiger partial charge in [0.1, 0.15) is 0 Å². The highest BCUT2D eigenvalue weighted by molar-refractivity contribution is 5.78. The smallest absolute Gasteiger partial charge is 0.225 e. The number of pyridine rings is 1. The maximum Gasteiger partial charge on any atom is 0.225 e. The van der Waals surface area contributed by atoms with E-state index in [0.717, 1.165) is 25.8 Å². The van der Waals surface area contributed by atoms with Gasteiger partial charge in [-0.2, -0.15) is 0 Å². The normalized spacial score (nSPS) is 16.1. The lowest BCUT2D eigenvalue weighted by molar-refractivity contribution is -0.133. The molecule has 0 atom stereocenters. The minimum Gasteiger partial charge on any atom is -0.345 e. The lowest BCUT2D eigenvalue weighted by Gasteiger charge is -2.20. The first kappa shape index (κ1) is 12.1. The number of aromatic nitrogens is 1. The summed E-state index contributed by atoms with van der Waals surface area (Å²) in [5.74, 6) is 0.619. The SMILES string of the molecule is CN(CCc1ccncc1)C(=O)C1CCCC1. The molecule has 1 heterocycles. The molecule has 0 unspecified atom stereocenters. The quantitative estimate of drug-likeness (QED) is 0.798. The van der Waals surface area contributed by atoms with Gasteiger partial charge in [0.15, 0.2) is 0 Å². The van der Waals surface area contributed by atoms with Crippen LogP contribution in [0.5, 0.6) is 0 Å². The molecule has 1 aliphatic carbocycles. The first-order valence-electron chi connectivity index (χ1n) is 6.41. The zero-order chi connectivity index (χ0) is 12.1. The molecule has 3 heteroatoms. The number of nitrogens with zero attached hydrogens (tertiary/aromatic N) is 2. The van der Waals surface area contributed by atoms with Gasteiger partial charge in [0.2, 0.25) is 5.91 Å². The van der Waals surface area contributed by atoms with Gasteiger partial charge in [-0.05, 0) is 37.0 Å². The van der Waals surface area contributed by atoms with Gasteiger partial charge in [-0.3, -0.25) is 9.78 Å². The molecule has 1 saturated carbocycles. The van der Waals surface area contributed by atoms with Crippen LogP contribution in [-0.2, 0) is 11.2 Å². The largest absolute Gasteiger partial charge is 0.345 e. The Morgan fingerprint density at radius 3 is 2.65 bits per heavy atom. The summed E-state index contributed by atoms with van der Waals surface area (Å²) < 4.78 is 0. The monoisotopic (exact) mass is 232 g/mol. The Morgan fingerprint density at radius 2 is 2.00 bits per heavy atom. The minimum absolute atomic E-state index is 0.289. The summed E-state index contributed by atoms with van der Waals surface area (Å²) in [6.07, 6.45) is 9.11. The molecule has 0 radical (unpaired) electrons. The summed E-state index contributed by atoms with van der Waals surface area (Å²) in [7, 11) is 1.92. The molecule has 0 aliphatic heterocycles. The molecular formula is C14H20N2O. The van der Waals surface area contributed by atoms with Crippen LogP contribution in [0, 0.1) is 5.92 Å². The fourth-order valence-corrected chi connectivity index (χ4v) is 2.44. The predicted octanol–water partition coefficient (Wildman–Crippen LogP) is 2.27. The molecule has 1 aliphatic rings. The van der Waals surface area contributed by atoms with Gasteiger partial charge in [-0.25, -0.2) is 0 Å². The lowest BCUT2D eigenvalue weighted by Crippen LogP contribution is -2.33. The van der Waals surface area contributed by atoms with E-state index in [1.54, 1.807) is 12.4 Å². The maximum atomic E-state index is 12.1. The van der Waals surface area contributed by atoms with Crippen LogP contribution in [0.25, 0.3) is 0 Å². The molecule has 2 rings (SSSR count). The molecule has 0 aromatic carbocycles. The Hall–Kier alpha value is -1.38. The van der Waals surface area contributed by atoms with Gasteiger partial charge in [0, 0.05) is 31.9 Å². The molecule has 92 valence electrons. The molecule has 0 N–H and O–H groups in total. The number of likely N-dealkylation sites (N-methyl/N-ethyl adjacent to an activating group) is 1. The molecule has 0 spiro atoms. The summed E-state index contributed by atoms with van der Waals surface area (Å²) in [4.78, 5) is 18.0. The topological polar surface area (TPSA) is 33.2 Å². The highest BCUT2D eigenvalue weighted by Crippen LogP contribution is 2.26. The Balaban J connectivity index is 1.80. The average molecular weight is 232 g/mol. The van der Waals surface area contributed by atoms with Crippen molar-refractivity contribution in [1.82, 2.24) is 9.88 Å². The van der Waals surface area contributed by atoms with Gasteiger partial charge < -0.3 is 4.90 Å². The van der Waals surface area contributed by atoms with Crippen molar-refractivity contribution in [2.45, 2.75) is 32.1 Å². The lowest BCUT2D eigenvalue weighted by atomic mass is 10.1. The van der Waals surface area contributed by atoms with E-state index in [0.29, 0.717) is 5.91 Å². The summed E-state index contributed by atoms with van der Waals surface area (Å²) in [6, 6.07) is 4.02. The number of carbonyl (C=O) groups is 1. The number of hydrogen-bond acceptors (Lipinski definition) is 2. The van der Waals surface area contributed by atoms with Crippen molar-refractivity contribution < 1.29 is 4.79 Å². The van der Waals surface area contributed by atoms with Crippen molar-refractivity contribution in [3.63, 3.8) is 0 Å². The van der Waals surface area contributed by atoms with Gasteiger partial charge in [-0.15, -0.1) is 0 Å². The second kappa shape index (κ2) is 5.80. The molecular weight excluding hydrogens is 212 g/mol. The second-order valence-corrected chi connectivity index (χ2v) is 4.85. The Morgan fingerprint density at radius 1 is 1.35 bits per heavy atom. The Bertz CT molecular complexity index is 358. The maximum absolute atomic E-state index is 12.1. The molecule has 1 amide bonds. The van der Waals surface area contributed by atoms with Crippen LogP contribution in [0.1, 0.15) is 31.2 Å². The molecule has 1 fully saturated rings. The minimum atomic E-state index is 0.289. The van der Waals surface area contributed by atoms with E-state index in [9.17, 15) is 4.79 Å². The van der Waals surface area contributed by atoms with E-state index in [1.807, 2.05) is 24.1 Å². The van der Waals surface area contributed by atoms with Crippen molar-refractivity contribution in [3.8, 4) is 0 Å². The molecule has 3 nitrogen and oxygen atoms in total. The number of amides is 1. The van der Waals surface area contributed by atoms with Crippen LogP contribution in [0.2, 0.25) is 0 Å². The zero-order valence-electron chi connectivity index (χ0n) is 10.4. The van der Waals surface area contributed by atoms with Crippen molar-refractivity contribution in [2.24, 2.45) is 5.92 Å². The van der Waals surface area contributed by atoms with E-state index >= 15 is 0 Å². The zero-order valence-corrected chi connectivity index (χ0v) is 10.4. The van der Waals surface area contributed by atoms with Crippen molar-refractivity contribution >= 4 is 5.91 Å². The van der Waals surface area contributed by atoms with E-state index in [1.165, 1.54) is 18.4 Å². The molecule has 17 heavy (non-hydrogen) atoms. The van der Waals surface area contributed by atoms with Crippen molar-refractivity contribution in [1.29, 1.82) is 0 Å². The van der Waals surface area contributed by atoms with Crippen LogP contribution in [0.15, 0.2) is 24.5 Å². The number of carbonyl (C=O) groups excluding carboxylic acids is 1. The van der Waals surface area contributed by atoms with Crippen molar-refractivity contribution in [2.75, 3.05) is 13.6 Å². The highest BCUT2D eigenvalue weighted by atomic mass is 16.2. The second-order valence-electron chi connectivity index (χ2n) is 4.85. The van der Waals surface area contributed by atoms with E-state index in [2.05, 4.69) is 4.98 Å². The highest BCUT2D eigenvalue weighted by Gasteiger charge is 2.24. The third kappa shape index (κ3) is 3.29. The van der Waals surface area contributed by atoms with Gasteiger partial charge in [0.25, 0.3) is 0 Å². The Labute approximate surface area is 103 Å². The van der Waals surface area contributed by atoms with Crippen LogP contribution in [-0.4, -0.2) is 29.4 Å².